The van der Waals surface area contributed by atoms with Crippen molar-refractivity contribution in [2.75, 3.05) is 38.3 Å². The molecule has 232 valence electrons. The van der Waals surface area contributed by atoms with E-state index in [1.807, 2.05) is 13.8 Å². The third-order valence-electron chi connectivity index (χ3n) is 6.69. The number of benzene rings is 2. The molecule has 0 spiro atoms. The van der Waals surface area contributed by atoms with Gasteiger partial charge in [0.1, 0.15) is 11.5 Å². The van der Waals surface area contributed by atoms with Crippen LogP contribution in [0.25, 0.3) is 0 Å². The summed E-state index contributed by atoms with van der Waals surface area (Å²) in [4.78, 5) is 31.7. The number of rotatable bonds is 14. The number of carbonyl (C=O) groups is 2. The highest BCUT2D eigenvalue weighted by molar-refractivity contribution is 7.89. The molecule has 0 aliphatic heterocycles. The van der Waals surface area contributed by atoms with Crippen LogP contribution in [0.3, 0.4) is 0 Å². The molecular weight excluding hydrogens is 591 g/mol. The molecule has 0 aliphatic rings. The van der Waals surface area contributed by atoms with Crippen LogP contribution in [0.1, 0.15) is 46.3 Å². The number of hydrogen-bond acceptors (Lipinski definition) is 8. The Bertz CT molecular complexity index is 1520. The second-order valence-corrected chi connectivity index (χ2v) is 13.2. The zero-order chi connectivity index (χ0) is 31.9. The van der Waals surface area contributed by atoms with E-state index >= 15 is 0 Å². The molecule has 11 nitrogen and oxygen atoms in total. The van der Waals surface area contributed by atoms with Gasteiger partial charge in [-0.25, -0.2) is 13.4 Å². The van der Waals surface area contributed by atoms with Crippen LogP contribution in [0, 0.1) is 19.8 Å². The molecule has 0 bridgehead atoms. The van der Waals surface area contributed by atoms with Crippen LogP contribution in [0.15, 0.2) is 57.8 Å². The van der Waals surface area contributed by atoms with E-state index in [2.05, 4.69) is 16.6 Å². The highest BCUT2D eigenvalue weighted by Crippen LogP contribution is 2.22. The average molecular weight is 631 g/mol. The van der Waals surface area contributed by atoms with Gasteiger partial charge < -0.3 is 24.5 Å². The number of aryl methyl sites for hydroxylation is 2. The van der Waals surface area contributed by atoms with E-state index < -0.39 is 28.1 Å². The molecule has 2 N–H and O–H groups in total. The Balaban J connectivity index is 1.74. The van der Waals surface area contributed by atoms with Crippen molar-refractivity contribution in [1.82, 2.24) is 14.6 Å². The normalized spacial score (nSPS) is 13.2. The van der Waals surface area contributed by atoms with Crippen molar-refractivity contribution in [1.29, 1.82) is 0 Å². The van der Waals surface area contributed by atoms with Crippen molar-refractivity contribution in [3.63, 3.8) is 0 Å². The van der Waals surface area contributed by atoms with Crippen molar-refractivity contribution in [2.24, 2.45) is 5.92 Å². The minimum atomic E-state index is -3.94. The number of methoxy groups -OCH3 is 1. The predicted molar refractivity (Wildman–Crippen MR) is 168 cm³/mol. The monoisotopic (exact) mass is 630 g/mol. The van der Waals surface area contributed by atoms with Gasteiger partial charge in [-0.2, -0.15) is 4.31 Å². The van der Waals surface area contributed by atoms with E-state index in [1.54, 1.807) is 57.3 Å². The number of aromatic nitrogens is 1. The number of anilines is 1. The lowest BCUT2D eigenvalue weighted by Crippen LogP contribution is -2.51. The number of nitrogens with zero attached hydrogens (tertiary/aromatic N) is 3. The molecule has 0 radical (unpaired) electrons. The van der Waals surface area contributed by atoms with Gasteiger partial charge in [0.15, 0.2) is 11.6 Å². The van der Waals surface area contributed by atoms with E-state index in [-0.39, 0.29) is 35.5 Å². The molecule has 2 unspecified atom stereocenters. The maximum atomic E-state index is 13.5. The number of sulfonamides is 1. The van der Waals surface area contributed by atoms with Crippen molar-refractivity contribution in [2.45, 2.75) is 44.7 Å². The summed E-state index contributed by atoms with van der Waals surface area (Å²) in [6.07, 6.45) is 2.92. The van der Waals surface area contributed by atoms with E-state index in [4.69, 9.17) is 9.15 Å². The van der Waals surface area contributed by atoms with E-state index in [1.165, 1.54) is 28.4 Å². The lowest BCUT2D eigenvalue weighted by atomic mass is 10.1. The molecule has 1 heterocycles. The Kier molecular flexibility index (Phi) is 11.6. The standard InChI is InChI=1S/C30H39N4O7PS/c1-19(2)16-34(43(38,39)25-14-12-24(40-6)13-15-25)17-27(35)26(18-42-7)32-29(36)22-8-10-23(11-9-22)33(5)30(37)28-20(3)41-21(4)31-28/h8-15,19,26-27,35H,7,16-18H2,1-6H3,(H,32,36). The first-order valence-electron chi connectivity index (χ1n) is 13.7. The lowest BCUT2D eigenvalue weighted by Gasteiger charge is -2.30. The fraction of sp³-hybridized carbons (Fsp3) is 0.400. The molecule has 0 saturated heterocycles. The molecule has 0 saturated carbocycles. The summed E-state index contributed by atoms with van der Waals surface area (Å²) in [5, 5.41) is 14.0. The van der Waals surface area contributed by atoms with Gasteiger partial charge in [0.25, 0.3) is 11.8 Å². The van der Waals surface area contributed by atoms with Gasteiger partial charge in [0.05, 0.1) is 24.2 Å². The molecule has 1 aromatic heterocycles. The molecule has 3 aromatic rings. The number of amides is 2. The fourth-order valence-corrected chi connectivity index (χ4v) is 6.64. The number of carbonyl (C=O) groups excluding carboxylic acids is 2. The number of oxazole rings is 1. The first-order chi connectivity index (χ1) is 20.3. The van der Waals surface area contributed by atoms with Crippen LogP contribution in [0.5, 0.6) is 5.75 Å². The molecule has 2 atom stereocenters. The number of aliphatic hydroxyl groups excluding tert-OH is 1. The minimum absolute atomic E-state index is 0.0139. The highest BCUT2D eigenvalue weighted by atomic mass is 32.2. The highest BCUT2D eigenvalue weighted by Gasteiger charge is 2.31. The summed E-state index contributed by atoms with van der Waals surface area (Å²) < 4.78 is 38.8. The summed E-state index contributed by atoms with van der Waals surface area (Å²) in [5.74, 6) is 0.524. The molecule has 3 rings (SSSR count). The van der Waals surface area contributed by atoms with E-state index in [9.17, 15) is 23.1 Å². The topological polar surface area (TPSA) is 142 Å². The number of hydrogen-bond donors (Lipinski definition) is 2. The summed E-state index contributed by atoms with van der Waals surface area (Å²) in [7, 11) is -0.183. The largest absolute Gasteiger partial charge is 0.497 e. The molecule has 0 aliphatic carbocycles. The Labute approximate surface area is 254 Å². The van der Waals surface area contributed by atoms with Crippen molar-refractivity contribution < 1.29 is 32.3 Å². The van der Waals surface area contributed by atoms with E-state index in [0.29, 0.717) is 43.0 Å². The zero-order valence-electron chi connectivity index (χ0n) is 25.3. The number of ether oxygens (including phenoxy) is 1. The van der Waals surface area contributed by atoms with Crippen molar-refractivity contribution in [3.8, 4) is 5.75 Å². The summed E-state index contributed by atoms with van der Waals surface area (Å²) >= 11 is 0. The van der Waals surface area contributed by atoms with Gasteiger partial charge in [-0.1, -0.05) is 20.1 Å². The Morgan fingerprint density at radius 3 is 2.23 bits per heavy atom. The predicted octanol–water partition coefficient (Wildman–Crippen LogP) is 3.76. The van der Waals surface area contributed by atoms with E-state index in [0.717, 1.165) is 0 Å². The first-order valence-corrected chi connectivity index (χ1v) is 16.4. The Morgan fingerprint density at radius 2 is 1.72 bits per heavy atom. The van der Waals surface area contributed by atoms with Crippen molar-refractivity contribution >= 4 is 42.0 Å². The molecule has 13 heteroatoms. The average Bonchev–Trinajstić information content (AvgIpc) is 3.32. The molecule has 2 aromatic carbocycles. The van der Waals surface area contributed by atoms with Gasteiger partial charge in [0.2, 0.25) is 10.0 Å². The van der Waals surface area contributed by atoms with Crippen molar-refractivity contribution in [3.05, 3.63) is 71.4 Å². The lowest BCUT2D eigenvalue weighted by molar-refractivity contribution is 0.0810. The summed E-state index contributed by atoms with van der Waals surface area (Å²) in [5.41, 5.74) is 1.06. The second kappa shape index (κ2) is 14.7. The van der Waals surface area contributed by atoms with Crippen LogP contribution in [-0.4, -0.2) is 86.5 Å². The zero-order valence-corrected chi connectivity index (χ0v) is 27.0. The third kappa shape index (κ3) is 8.51. The van der Waals surface area contributed by atoms with Gasteiger partial charge in [-0.05, 0) is 61.4 Å². The molecule has 0 fully saturated rings. The Hall–Kier alpha value is -3.57. The van der Waals surface area contributed by atoms with Gasteiger partial charge >= 0.3 is 0 Å². The van der Waals surface area contributed by atoms with Crippen LogP contribution in [0.4, 0.5) is 5.69 Å². The van der Waals surface area contributed by atoms with Crippen LogP contribution < -0.4 is 15.0 Å². The van der Waals surface area contributed by atoms with Crippen LogP contribution >= 0.6 is 8.20 Å². The fourth-order valence-electron chi connectivity index (χ4n) is 4.40. The summed E-state index contributed by atoms with van der Waals surface area (Å²) in [6.45, 7) is 7.06. The number of nitrogens with one attached hydrogen (secondary N) is 1. The smallest absolute Gasteiger partial charge is 0.280 e. The van der Waals surface area contributed by atoms with Gasteiger partial charge in [-0.3, -0.25) is 9.59 Å². The quantitative estimate of drug-likeness (QED) is 0.257. The minimum Gasteiger partial charge on any atom is -0.497 e. The van der Waals surface area contributed by atoms with Crippen LogP contribution in [-0.2, 0) is 10.0 Å². The van der Waals surface area contributed by atoms with Gasteiger partial charge in [0, 0.05) is 44.5 Å². The Morgan fingerprint density at radius 1 is 1.09 bits per heavy atom. The van der Waals surface area contributed by atoms with Crippen LogP contribution in [0.2, 0.25) is 0 Å². The maximum absolute atomic E-state index is 13.5. The third-order valence-corrected chi connectivity index (χ3v) is 9.19. The molecular formula is C30H39N4O7PS. The van der Waals surface area contributed by atoms with Gasteiger partial charge in [-0.15, -0.1) is 8.20 Å². The second-order valence-electron chi connectivity index (χ2n) is 10.5. The maximum Gasteiger partial charge on any atom is 0.280 e. The molecule has 43 heavy (non-hydrogen) atoms. The molecule has 2 amide bonds. The first kappa shape index (κ1) is 33.9. The summed E-state index contributed by atoms with van der Waals surface area (Å²) in [6, 6.07) is 11.7. The number of aliphatic hydroxyl groups is 1. The SMILES string of the molecule is C=PCC(NC(=O)c1ccc(N(C)C(=O)c2nc(C)oc2C)cc1)C(O)CN(CC(C)C)S(=O)(=O)c1ccc(OC)cc1.